The average Bonchev–Trinajstić information content (AvgIpc) is 2.62. The summed E-state index contributed by atoms with van der Waals surface area (Å²) in [6.45, 7) is 6.56. The van der Waals surface area contributed by atoms with Crippen molar-refractivity contribution in [3.05, 3.63) is 35.9 Å². The van der Waals surface area contributed by atoms with Crippen LogP contribution in [-0.4, -0.2) is 60.4 Å². The molecule has 23 heavy (non-hydrogen) atoms. The number of nitrogens with zero attached hydrogens (tertiary/aromatic N) is 2. The highest BCUT2D eigenvalue weighted by molar-refractivity contribution is 7.97. The van der Waals surface area contributed by atoms with Gasteiger partial charge in [0.1, 0.15) is 0 Å². The molecule has 128 valence electrons. The minimum absolute atomic E-state index is 0.722. The third kappa shape index (κ3) is 5.79. The van der Waals surface area contributed by atoms with Crippen LogP contribution in [0.4, 0.5) is 0 Å². The van der Waals surface area contributed by atoms with E-state index in [9.17, 15) is 0 Å². The van der Waals surface area contributed by atoms with Gasteiger partial charge in [0.25, 0.3) is 0 Å². The van der Waals surface area contributed by atoms with Crippen LogP contribution >= 0.6 is 11.9 Å². The fourth-order valence-electron chi connectivity index (χ4n) is 3.53. The van der Waals surface area contributed by atoms with E-state index in [1.165, 1.54) is 56.5 Å². The van der Waals surface area contributed by atoms with Crippen LogP contribution in [0.5, 0.6) is 0 Å². The van der Waals surface area contributed by atoms with E-state index in [2.05, 4.69) is 51.5 Å². The molecule has 0 N–H and O–H groups in total. The van der Waals surface area contributed by atoms with Gasteiger partial charge in [-0.05, 0) is 37.8 Å². The molecule has 3 nitrogen and oxygen atoms in total. The highest BCUT2D eigenvalue weighted by Gasteiger charge is 2.23. The fourth-order valence-corrected chi connectivity index (χ4v) is 4.67. The maximum absolute atomic E-state index is 5.42. The quantitative estimate of drug-likeness (QED) is 0.560. The zero-order chi connectivity index (χ0) is 15.7. The number of piperidine rings is 1. The maximum Gasteiger partial charge on any atom is 0.0594 e. The second-order valence-corrected chi connectivity index (χ2v) is 7.76. The fraction of sp³-hybridized carbons (Fsp3) is 0.684. The number of benzene rings is 1. The Morgan fingerprint density at radius 1 is 1.04 bits per heavy atom. The van der Waals surface area contributed by atoms with E-state index in [4.69, 9.17) is 4.74 Å². The van der Waals surface area contributed by atoms with Crippen LogP contribution in [0.3, 0.4) is 0 Å². The van der Waals surface area contributed by atoms with Gasteiger partial charge >= 0.3 is 0 Å². The standard InChI is InChI=1S/C19H30N2OS/c1-2-7-18(8-3-1)17-19-9-4-5-11-21(19)23-16-6-10-20-12-14-22-15-13-20/h1-3,7-8,19H,4-6,9-17H2. The second kappa shape index (κ2) is 9.67. The lowest BCUT2D eigenvalue weighted by atomic mass is 9.98. The molecule has 2 heterocycles. The normalized spacial score (nSPS) is 23.9. The minimum atomic E-state index is 0.722. The molecule has 4 heteroatoms. The van der Waals surface area contributed by atoms with Gasteiger partial charge in [-0.25, -0.2) is 4.31 Å². The predicted molar refractivity (Wildman–Crippen MR) is 98.8 cm³/mol. The zero-order valence-corrected chi connectivity index (χ0v) is 15.0. The summed E-state index contributed by atoms with van der Waals surface area (Å²) < 4.78 is 8.09. The maximum atomic E-state index is 5.42. The zero-order valence-electron chi connectivity index (χ0n) is 14.2. The Morgan fingerprint density at radius 3 is 2.70 bits per heavy atom. The first-order valence-corrected chi connectivity index (χ1v) is 10.1. The van der Waals surface area contributed by atoms with Crippen molar-refractivity contribution in [3.63, 3.8) is 0 Å². The average molecular weight is 335 g/mol. The van der Waals surface area contributed by atoms with E-state index in [1.54, 1.807) is 0 Å². The van der Waals surface area contributed by atoms with Gasteiger partial charge < -0.3 is 4.74 Å². The van der Waals surface area contributed by atoms with Gasteiger partial charge in [-0.1, -0.05) is 48.7 Å². The van der Waals surface area contributed by atoms with Crippen molar-refractivity contribution in [3.8, 4) is 0 Å². The number of morpholine rings is 1. The highest BCUT2D eigenvalue weighted by atomic mass is 32.2. The van der Waals surface area contributed by atoms with Crippen LogP contribution in [-0.2, 0) is 11.2 Å². The summed E-state index contributed by atoms with van der Waals surface area (Å²) in [5.41, 5.74) is 1.48. The molecular formula is C19H30N2OS. The molecule has 0 bridgehead atoms. The van der Waals surface area contributed by atoms with Crippen molar-refractivity contribution in [2.24, 2.45) is 0 Å². The van der Waals surface area contributed by atoms with Crippen molar-refractivity contribution >= 4 is 11.9 Å². The number of hydrogen-bond acceptors (Lipinski definition) is 4. The molecule has 1 atom stereocenters. The minimum Gasteiger partial charge on any atom is -0.379 e. The first-order valence-electron chi connectivity index (χ1n) is 9.15. The van der Waals surface area contributed by atoms with E-state index in [0.717, 1.165) is 32.3 Å². The van der Waals surface area contributed by atoms with Crippen LogP contribution in [0.15, 0.2) is 30.3 Å². The molecule has 2 saturated heterocycles. The molecule has 3 rings (SSSR count). The molecule has 0 saturated carbocycles. The molecule has 2 aliphatic heterocycles. The SMILES string of the molecule is c1ccc(CC2CCCCN2SCCCN2CCOCC2)cc1. The summed E-state index contributed by atoms with van der Waals surface area (Å²) in [6, 6.07) is 11.7. The summed E-state index contributed by atoms with van der Waals surface area (Å²) in [6.07, 6.45) is 6.60. The van der Waals surface area contributed by atoms with E-state index in [0.29, 0.717) is 0 Å². The lowest BCUT2D eigenvalue weighted by molar-refractivity contribution is 0.0381. The van der Waals surface area contributed by atoms with Crippen LogP contribution in [0.25, 0.3) is 0 Å². The smallest absolute Gasteiger partial charge is 0.0594 e. The molecule has 2 fully saturated rings. The number of ether oxygens (including phenoxy) is 1. The van der Waals surface area contributed by atoms with Crippen molar-refractivity contribution in [1.29, 1.82) is 0 Å². The van der Waals surface area contributed by atoms with Crippen LogP contribution in [0.2, 0.25) is 0 Å². The Bertz CT molecular complexity index is 436. The molecule has 1 aromatic carbocycles. The molecule has 0 spiro atoms. The Kier molecular flexibility index (Phi) is 7.27. The second-order valence-electron chi connectivity index (χ2n) is 6.62. The first-order chi connectivity index (χ1) is 11.4. The molecule has 0 radical (unpaired) electrons. The van der Waals surface area contributed by atoms with Gasteiger partial charge in [-0.15, -0.1) is 0 Å². The lowest BCUT2D eigenvalue weighted by Crippen LogP contribution is -2.38. The molecule has 1 unspecified atom stereocenters. The monoisotopic (exact) mass is 334 g/mol. The Morgan fingerprint density at radius 2 is 1.87 bits per heavy atom. The van der Waals surface area contributed by atoms with Gasteiger partial charge in [0.15, 0.2) is 0 Å². The molecule has 2 aliphatic rings. The summed E-state index contributed by atoms with van der Waals surface area (Å²) >= 11 is 2.09. The summed E-state index contributed by atoms with van der Waals surface area (Å²) in [5.74, 6) is 1.25. The van der Waals surface area contributed by atoms with Gasteiger partial charge in [-0.3, -0.25) is 4.90 Å². The largest absolute Gasteiger partial charge is 0.379 e. The van der Waals surface area contributed by atoms with Crippen molar-refractivity contribution in [1.82, 2.24) is 9.21 Å². The van der Waals surface area contributed by atoms with E-state index in [-0.39, 0.29) is 0 Å². The molecule has 0 amide bonds. The van der Waals surface area contributed by atoms with Crippen LogP contribution in [0.1, 0.15) is 31.2 Å². The van der Waals surface area contributed by atoms with E-state index in [1.807, 2.05) is 0 Å². The van der Waals surface area contributed by atoms with Gasteiger partial charge in [0.05, 0.1) is 13.2 Å². The third-order valence-electron chi connectivity index (χ3n) is 4.87. The van der Waals surface area contributed by atoms with E-state index >= 15 is 0 Å². The number of rotatable bonds is 7. The number of hydrogen-bond donors (Lipinski definition) is 0. The van der Waals surface area contributed by atoms with Crippen molar-refractivity contribution in [2.75, 3.05) is 45.1 Å². The van der Waals surface area contributed by atoms with Crippen LogP contribution < -0.4 is 0 Å². The van der Waals surface area contributed by atoms with Crippen LogP contribution in [0, 0.1) is 0 Å². The summed E-state index contributed by atoms with van der Waals surface area (Å²) in [7, 11) is 0. The van der Waals surface area contributed by atoms with Crippen molar-refractivity contribution < 1.29 is 4.74 Å². The van der Waals surface area contributed by atoms with Gasteiger partial charge in [0, 0.05) is 31.4 Å². The summed E-state index contributed by atoms with van der Waals surface area (Å²) in [5, 5.41) is 0. The Hall–Kier alpha value is -0.550. The third-order valence-corrected chi connectivity index (χ3v) is 6.15. The van der Waals surface area contributed by atoms with Gasteiger partial charge in [0.2, 0.25) is 0 Å². The topological polar surface area (TPSA) is 15.7 Å². The van der Waals surface area contributed by atoms with Crippen molar-refractivity contribution in [2.45, 2.75) is 38.1 Å². The molecular weight excluding hydrogens is 304 g/mol. The van der Waals surface area contributed by atoms with E-state index < -0.39 is 0 Å². The molecule has 0 aromatic heterocycles. The predicted octanol–water partition coefficient (Wildman–Crippen LogP) is 3.45. The molecule has 0 aliphatic carbocycles. The Labute approximate surface area is 145 Å². The van der Waals surface area contributed by atoms with Gasteiger partial charge in [-0.2, -0.15) is 0 Å². The Balaban J connectivity index is 1.39. The lowest BCUT2D eigenvalue weighted by Gasteiger charge is -2.35. The first kappa shape index (κ1) is 17.3. The molecule has 1 aromatic rings. The summed E-state index contributed by atoms with van der Waals surface area (Å²) in [4.78, 5) is 2.54. The highest BCUT2D eigenvalue weighted by Crippen LogP contribution is 2.27.